The predicted molar refractivity (Wildman–Crippen MR) is 96.7 cm³/mol. The van der Waals surface area contributed by atoms with Gasteiger partial charge in [0.2, 0.25) is 5.91 Å². The Kier molecular flexibility index (Phi) is 5.67. The fourth-order valence-electron chi connectivity index (χ4n) is 3.04. The number of aliphatic carboxylic acids is 1. The van der Waals surface area contributed by atoms with Crippen molar-refractivity contribution in [3.05, 3.63) is 64.7 Å². The highest BCUT2D eigenvalue weighted by atomic mass is 19.2. The third-order valence-corrected chi connectivity index (χ3v) is 4.49. The molecule has 146 valence electrons. The van der Waals surface area contributed by atoms with Gasteiger partial charge in [-0.3, -0.25) is 14.4 Å². The third kappa shape index (κ3) is 4.51. The van der Waals surface area contributed by atoms with Gasteiger partial charge in [0.1, 0.15) is 0 Å². The number of anilines is 1. The first kappa shape index (κ1) is 19.5. The van der Waals surface area contributed by atoms with Gasteiger partial charge >= 0.3 is 5.97 Å². The zero-order valence-electron chi connectivity index (χ0n) is 14.9. The van der Waals surface area contributed by atoms with E-state index in [4.69, 9.17) is 5.11 Å². The van der Waals surface area contributed by atoms with Crippen molar-refractivity contribution in [3.8, 4) is 0 Å². The van der Waals surface area contributed by atoms with E-state index in [9.17, 15) is 23.2 Å². The number of fused-ring (bicyclic) bond motifs is 1. The molecule has 0 aromatic heterocycles. The summed E-state index contributed by atoms with van der Waals surface area (Å²) in [6.07, 6.45) is 0.541. The highest BCUT2D eigenvalue weighted by Gasteiger charge is 2.21. The van der Waals surface area contributed by atoms with E-state index in [-0.39, 0.29) is 25.4 Å². The van der Waals surface area contributed by atoms with Gasteiger partial charge in [-0.15, -0.1) is 0 Å². The lowest BCUT2D eigenvalue weighted by Crippen LogP contribution is -2.33. The van der Waals surface area contributed by atoms with Crippen LogP contribution in [0.5, 0.6) is 0 Å². The maximum atomic E-state index is 13.5. The Hall–Kier alpha value is -3.29. The molecule has 1 aliphatic rings. The van der Waals surface area contributed by atoms with Crippen molar-refractivity contribution in [1.82, 2.24) is 4.90 Å². The molecule has 0 atom stereocenters. The van der Waals surface area contributed by atoms with Crippen LogP contribution in [0.2, 0.25) is 0 Å². The first-order valence-corrected chi connectivity index (χ1v) is 8.71. The Labute approximate surface area is 159 Å². The van der Waals surface area contributed by atoms with Gasteiger partial charge in [0.05, 0.1) is 6.42 Å². The topological polar surface area (TPSA) is 86.7 Å². The molecule has 2 aromatic carbocycles. The van der Waals surface area contributed by atoms with Crippen molar-refractivity contribution in [1.29, 1.82) is 0 Å². The molecule has 0 spiro atoms. The minimum atomic E-state index is -1.07. The normalized spacial score (nSPS) is 12.9. The van der Waals surface area contributed by atoms with Gasteiger partial charge in [-0.25, -0.2) is 8.78 Å². The lowest BCUT2D eigenvalue weighted by Gasteiger charge is -2.24. The number of rotatable bonds is 6. The van der Waals surface area contributed by atoms with Crippen molar-refractivity contribution in [2.45, 2.75) is 25.8 Å². The van der Waals surface area contributed by atoms with Crippen molar-refractivity contribution < 1.29 is 28.3 Å². The minimum absolute atomic E-state index is 0.0584. The SMILES string of the molecule is O=C(O)CCN(Cc1ccc(F)c(F)c1)C(=O)c1ccc2c(c1)CCC(=O)N2. The number of aryl methyl sites for hydroxylation is 1. The first-order valence-electron chi connectivity index (χ1n) is 8.71. The highest BCUT2D eigenvalue weighted by Crippen LogP contribution is 2.24. The molecule has 0 fully saturated rings. The smallest absolute Gasteiger partial charge is 0.305 e. The van der Waals surface area contributed by atoms with E-state index in [0.29, 0.717) is 29.7 Å². The zero-order chi connectivity index (χ0) is 20.3. The summed E-state index contributed by atoms with van der Waals surface area (Å²) in [6, 6.07) is 8.14. The molecule has 0 aliphatic carbocycles. The molecule has 3 rings (SSSR count). The lowest BCUT2D eigenvalue weighted by atomic mass is 9.99. The standard InChI is InChI=1S/C20H18F2N2O4/c21-15-4-1-12(9-16(15)22)11-24(8-7-19(26)27)20(28)14-2-5-17-13(10-14)3-6-18(25)23-17/h1-2,4-5,9-10H,3,6-8,11H2,(H,23,25)(H,26,27). The van der Waals surface area contributed by atoms with Crippen LogP contribution in [0.15, 0.2) is 36.4 Å². The summed E-state index contributed by atoms with van der Waals surface area (Å²) in [5, 5.41) is 11.7. The van der Waals surface area contributed by atoms with Gasteiger partial charge in [0, 0.05) is 30.8 Å². The van der Waals surface area contributed by atoms with Crippen molar-refractivity contribution in [2.24, 2.45) is 0 Å². The molecule has 1 aliphatic heterocycles. The van der Waals surface area contributed by atoms with Crippen LogP contribution in [0.3, 0.4) is 0 Å². The maximum absolute atomic E-state index is 13.5. The molecule has 0 saturated heterocycles. The Morgan fingerprint density at radius 3 is 2.57 bits per heavy atom. The van der Waals surface area contributed by atoms with Crippen LogP contribution >= 0.6 is 0 Å². The lowest BCUT2D eigenvalue weighted by molar-refractivity contribution is -0.137. The Morgan fingerprint density at radius 1 is 1.07 bits per heavy atom. The molecule has 0 saturated carbocycles. The number of carbonyl (C=O) groups excluding carboxylic acids is 2. The van der Waals surface area contributed by atoms with Crippen LogP contribution in [-0.4, -0.2) is 34.3 Å². The van der Waals surface area contributed by atoms with E-state index in [1.165, 1.54) is 11.0 Å². The number of amides is 2. The Balaban J connectivity index is 1.84. The van der Waals surface area contributed by atoms with Gasteiger partial charge in [0.25, 0.3) is 5.91 Å². The van der Waals surface area contributed by atoms with Gasteiger partial charge in [-0.2, -0.15) is 0 Å². The van der Waals surface area contributed by atoms with Crippen LogP contribution < -0.4 is 5.32 Å². The Bertz CT molecular complexity index is 946. The van der Waals surface area contributed by atoms with E-state index in [1.807, 2.05) is 0 Å². The van der Waals surface area contributed by atoms with Crippen LogP contribution in [-0.2, 0) is 22.6 Å². The number of hydrogen-bond acceptors (Lipinski definition) is 3. The van der Waals surface area contributed by atoms with Gasteiger partial charge in [0.15, 0.2) is 11.6 Å². The molecule has 8 heteroatoms. The molecular formula is C20H18F2N2O4. The second kappa shape index (κ2) is 8.16. The van der Waals surface area contributed by atoms with E-state index >= 15 is 0 Å². The largest absolute Gasteiger partial charge is 0.481 e. The second-order valence-electron chi connectivity index (χ2n) is 6.54. The molecule has 28 heavy (non-hydrogen) atoms. The fourth-order valence-corrected chi connectivity index (χ4v) is 3.04. The first-order chi connectivity index (χ1) is 13.3. The molecule has 0 unspecified atom stereocenters. The number of hydrogen-bond donors (Lipinski definition) is 2. The van der Waals surface area contributed by atoms with Crippen molar-refractivity contribution >= 4 is 23.5 Å². The van der Waals surface area contributed by atoms with Crippen LogP contribution in [0, 0.1) is 11.6 Å². The summed E-state index contributed by atoms with van der Waals surface area (Å²) >= 11 is 0. The number of carboxylic acids is 1. The number of carboxylic acid groups (broad SMARTS) is 1. The predicted octanol–water partition coefficient (Wildman–Crippen LogP) is 2.97. The summed E-state index contributed by atoms with van der Waals surface area (Å²) in [5.41, 5.74) is 2.15. The molecule has 2 N–H and O–H groups in total. The third-order valence-electron chi connectivity index (χ3n) is 4.49. The number of carbonyl (C=O) groups is 3. The minimum Gasteiger partial charge on any atom is -0.481 e. The number of nitrogens with zero attached hydrogens (tertiary/aromatic N) is 1. The molecular weight excluding hydrogens is 370 g/mol. The van der Waals surface area contributed by atoms with Gasteiger partial charge in [-0.05, 0) is 47.9 Å². The van der Waals surface area contributed by atoms with Gasteiger partial charge in [-0.1, -0.05) is 6.07 Å². The highest BCUT2D eigenvalue weighted by molar-refractivity contribution is 5.98. The monoisotopic (exact) mass is 388 g/mol. The van der Waals surface area contributed by atoms with Crippen molar-refractivity contribution in [3.63, 3.8) is 0 Å². The Morgan fingerprint density at radius 2 is 1.86 bits per heavy atom. The average Bonchev–Trinajstić information content (AvgIpc) is 2.66. The summed E-state index contributed by atoms with van der Waals surface area (Å²) in [5.74, 6) is -3.62. The molecule has 1 heterocycles. The van der Waals surface area contributed by atoms with Crippen LogP contribution in [0.4, 0.5) is 14.5 Å². The van der Waals surface area contributed by atoms with E-state index < -0.39 is 23.5 Å². The van der Waals surface area contributed by atoms with E-state index in [0.717, 1.165) is 17.7 Å². The number of nitrogens with one attached hydrogen (secondary N) is 1. The van der Waals surface area contributed by atoms with Gasteiger partial charge < -0.3 is 15.3 Å². The molecule has 2 amide bonds. The van der Waals surface area contributed by atoms with Crippen LogP contribution in [0.25, 0.3) is 0 Å². The number of benzene rings is 2. The maximum Gasteiger partial charge on any atom is 0.305 e. The summed E-state index contributed by atoms with van der Waals surface area (Å²) in [4.78, 5) is 36.6. The molecule has 0 radical (unpaired) electrons. The molecule has 6 nitrogen and oxygen atoms in total. The fraction of sp³-hybridized carbons (Fsp3) is 0.250. The van der Waals surface area contributed by atoms with E-state index in [1.54, 1.807) is 18.2 Å². The van der Waals surface area contributed by atoms with Crippen LogP contribution in [0.1, 0.15) is 34.3 Å². The molecule has 2 aromatic rings. The number of halogens is 2. The second-order valence-corrected chi connectivity index (χ2v) is 6.54. The molecule has 0 bridgehead atoms. The quantitative estimate of drug-likeness (QED) is 0.797. The summed E-state index contributed by atoms with van der Waals surface area (Å²) in [7, 11) is 0. The van der Waals surface area contributed by atoms with Crippen molar-refractivity contribution in [2.75, 3.05) is 11.9 Å². The summed E-state index contributed by atoms with van der Waals surface area (Å²) < 4.78 is 26.6. The summed E-state index contributed by atoms with van der Waals surface area (Å²) in [6.45, 7) is -0.141. The van der Waals surface area contributed by atoms with E-state index in [2.05, 4.69) is 5.32 Å². The zero-order valence-corrected chi connectivity index (χ0v) is 14.9. The average molecular weight is 388 g/mol.